The van der Waals surface area contributed by atoms with Crippen molar-refractivity contribution in [2.24, 2.45) is 22.7 Å². The number of carbonyl (C=O) groups excluding carboxylic acids is 2. The van der Waals surface area contributed by atoms with Crippen LogP contribution in [0.4, 0.5) is 0 Å². The third-order valence-corrected chi connectivity index (χ3v) is 9.07. The molecule has 2 aliphatic heterocycles. The standard InChI is InChI=1S/C25H36O7/c1-5-15(2)22(29)31-14-25-19(7-6-8-24(25)13-32-24)23(4,16(3)9-20(25)27)11-18(26)17-10-21(28)30-12-17/h5,10,16,18-20,26-27H,6-9,11-14H2,1-4H3/b15-5+/t16-,18+,19-,20+,23+,24+,25+/m1/s1. The summed E-state index contributed by atoms with van der Waals surface area (Å²) in [6, 6.07) is 0. The summed E-state index contributed by atoms with van der Waals surface area (Å²) < 4.78 is 16.9. The Balaban J connectivity index is 1.68. The van der Waals surface area contributed by atoms with Gasteiger partial charge in [0.1, 0.15) is 18.8 Å². The number of aliphatic hydroxyl groups excluding tert-OH is 2. The van der Waals surface area contributed by atoms with Crippen molar-refractivity contribution in [3.8, 4) is 0 Å². The normalized spacial score (nSPS) is 42.2. The molecule has 0 aromatic rings. The Hall–Kier alpha value is -1.70. The molecule has 2 saturated carbocycles. The van der Waals surface area contributed by atoms with Crippen molar-refractivity contribution in [2.75, 3.05) is 19.8 Å². The average Bonchev–Trinajstić information content (AvgIpc) is 3.40. The maximum atomic E-state index is 12.5. The van der Waals surface area contributed by atoms with Crippen molar-refractivity contribution in [3.05, 3.63) is 23.3 Å². The summed E-state index contributed by atoms with van der Waals surface area (Å²) >= 11 is 0. The molecule has 2 heterocycles. The van der Waals surface area contributed by atoms with Crippen LogP contribution < -0.4 is 0 Å². The molecule has 4 aliphatic rings. The number of cyclic esters (lactones) is 1. The third-order valence-electron chi connectivity index (χ3n) is 9.07. The fourth-order valence-corrected chi connectivity index (χ4v) is 6.73. The zero-order chi connectivity index (χ0) is 23.3. The highest BCUT2D eigenvalue weighted by molar-refractivity contribution is 5.87. The second-order valence-electron chi connectivity index (χ2n) is 10.5. The number of rotatable bonds is 6. The molecule has 1 spiro atoms. The maximum Gasteiger partial charge on any atom is 0.333 e. The second kappa shape index (κ2) is 8.26. The van der Waals surface area contributed by atoms with Gasteiger partial charge in [0.15, 0.2) is 0 Å². The molecule has 0 amide bonds. The van der Waals surface area contributed by atoms with E-state index in [-0.39, 0.29) is 36.4 Å². The minimum atomic E-state index is -0.798. The lowest BCUT2D eigenvalue weighted by atomic mass is 9.43. The van der Waals surface area contributed by atoms with Crippen LogP contribution in [0.25, 0.3) is 0 Å². The number of aliphatic hydroxyl groups is 2. The number of carbonyl (C=O) groups is 2. The molecule has 178 valence electrons. The van der Waals surface area contributed by atoms with E-state index in [2.05, 4.69) is 13.8 Å². The third kappa shape index (κ3) is 3.53. The van der Waals surface area contributed by atoms with Crippen molar-refractivity contribution < 1.29 is 34.0 Å². The summed E-state index contributed by atoms with van der Waals surface area (Å²) in [5, 5.41) is 22.5. The van der Waals surface area contributed by atoms with Gasteiger partial charge < -0.3 is 24.4 Å². The molecule has 2 N–H and O–H groups in total. The van der Waals surface area contributed by atoms with E-state index in [0.717, 1.165) is 19.3 Å². The first-order chi connectivity index (χ1) is 15.1. The van der Waals surface area contributed by atoms with E-state index in [1.54, 1.807) is 19.9 Å². The van der Waals surface area contributed by atoms with Gasteiger partial charge in [0, 0.05) is 17.2 Å². The molecular formula is C25H36O7. The maximum absolute atomic E-state index is 12.5. The topological polar surface area (TPSA) is 106 Å². The van der Waals surface area contributed by atoms with Crippen molar-refractivity contribution >= 4 is 11.9 Å². The number of allylic oxidation sites excluding steroid dienone is 1. The van der Waals surface area contributed by atoms with Gasteiger partial charge in [-0.15, -0.1) is 0 Å². The quantitative estimate of drug-likeness (QED) is 0.366. The summed E-state index contributed by atoms with van der Waals surface area (Å²) in [7, 11) is 0. The number of hydrogen-bond acceptors (Lipinski definition) is 7. The fourth-order valence-electron chi connectivity index (χ4n) is 6.73. The molecule has 0 aromatic carbocycles. The first-order valence-electron chi connectivity index (χ1n) is 11.8. The van der Waals surface area contributed by atoms with Crippen LogP contribution in [0.5, 0.6) is 0 Å². The van der Waals surface area contributed by atoms with Crippen molar-refractivity contribution in [1.82, 2.24) is 0 Å². The van der Waals surface area contributed by atoms with E-state index in [1.165, 1.54) is 6.08 Å². The van der Waals surface area contributed by atoms with Gasteiger partial charge in [0.2, 0.25) is 0 Å². The largest absolute Gasteiger partial charge is 0.462 e. The Labute approximate surface area is 189 Å². The van der Waals surface area contributed by atoms with Gasteiger partial charge in [-0.05, 0) is 56.8 Å². The SMILES string of the molecule is C/C=C(\C)C(=O)OC[C@@]12[C@H](CCC[C@]13CO3)[C@@](C)(C[C@H](O)C1=CC(=O)OC1)[C@H](C)C[C@@H]2O. The van der Waals surface area contributed by atoms with Crippen LogP contribution in [0.15, 0.2) is 23.3 Å². The van der Waals surface area contributed by atoms with Crippen molar-refractivity contribution in [2.45, 2.75) is 77.6 Å². The predicted molar refractivity (Wildman–Crippen MR) is 116 cm³/mol. The van der Waals surface area contributed by atoms with Crippen LogP contribution in [0.3, 0.4) is 0 Å². The summed E-state index contributed by atoms with van der Waals surface area (Å²) in [4.78, 5) is 24.1. The van der Waals surface area contributed by atoms with E-state index in [4.69, 9.17) is 14.2 Å². The van der Waals surface area contributed by atoms with Gasteiger partial charge >= 0.3 is 11.9 Å². The molecule has 2 aliphatic carbocycles. The van der Waals surface area contributed by atoms with E-state index < -0.39 is 29.2 Å². The number of epoxide rings is 1. The Kier molecular flexibility index (Phi) is 6.06. The molecule has 7 nitrogen and oxygen atoms in total. The van der Waals surface area contributed by atoms with E-state index in [0.29, 0.717) is 30.6 Å². The van der Waals surface area contributed by atoms with Crippen molar-refractivity contribution in [3.63, 3.8) is 0 Å². The smallest absolute Gasteiger partial charge is 0.333 e. The lowest BCUT2D eigenvalue weighted by Gasteiger charge is -2.62. The van der Waals surface area contributed by atoms with Gasteiger partial charge in [-0.1, -0.05) is 26.3 Å². The second-order valence-corrected chi connectivity index (χ2v) is 10.5. The first kappa shape index (κ1) is 23.5. The summed E-state index contributed by atoms with van der Waals surface area (Å²) in [5.74, 6) is -0.663. The molecule has 32 heavy (non-hydrogen) atoms. The minimum absolute atomic E-state index is 0.00279. The molecule has 7 atom stereocenters. The van der Waals surface area contributed by atoms with Crippen LogP contribution >= 0.6 is 0 Å². The van der Waals surface area contributed by atoms with Gasteiger partial charge in [0.25, 0.3) is 0 Å². The Morgan fingerprint density at radius 1 is 1.44 bits per heavy atom. The van der Waals surface area contributed by atoms with Gasteiger partial charge in [-0.25, -0.2) is 9.59 Å². The van der Waals surface area contributed by atoms with Crippen molar-refractivity contribution in [1.29, 1.82) is 0 Å². The molecule has 0 unspecified atom stereocenters. The van der Waals surface area contributed by atoms with E-state index >= 15 is 0 Å². The summed E-state index contributed by atoms with van der Waals surface area (Å²) in [6.07, 6.45) is 5.30. The zero-order valence-electron chi connectivity index (χ0n) is 19.6. The zero-order valence-corrected chi connectivity index (χ0v) is 19.6. The molecule has 0 aromatic heterocycles. The summed E-state index contributed by atoms with van der Waals surface area (Å²) in [5.41, 5.74) is -0.409. The Bertz CT molecular complexity index is 841. The molecule has 3 fully saturated rings. The molecule has 0 radical (unpaired) electrons. The molecule has 7 heteroatoms. The van der Waals surface area contributed by atoms with E-state index in [1.807, 2.05) is 0 Å². The van der Waals surface area contributed by atoms with Crippen LogP contribution in [0.1, 0.15) is 59.8 Å². The lowest BCUT2D eigenvalue weighted by molar-refractivity contribution is -0.221. The van der Waals surface area contributed by atoms with Gasteiger partial charge in [-0.3, -0.25) is 0 Å². The Morgan fingerprint density at radius 2 is 2.16 bits per heavy atom. The van der Waals surface area contributed by atoms with Gasteiger partial charge in [-0.2, -0.15) is 0 Å². The Morgan fingerprint density at radius 3 is 2.75 bits per heavy atom. The average molecular weight is 449 g/mol. The molecule has 0 bridgehead atoms. The molecule has 1 saturated heterocycles. The number of ether oxygens (including phenoxy) is 3. The predicted octanol–water partition coefficient (Wildman–Crippen LogP) is 2.69. The highest BCUT2D eigenvalue weighted by atomic mass is 16.6. The van der Waals surface area contributed by atoms with Gasteiger partial charge in [0.05, 0.1) is 24.2 Å². The minimum Gasteiger partial charge on any atom is -0.462 e. The monoisotopic (exact) mass is 448 g/mol. The first-order valence-corrected chi connectivity index (χ1v) is 11.8. The van der Waals surface area contributed by atoms with E-state index in [9.17, 15) is 19.8 Å². The fraction of sp³-hybridized carbons (Fsp3) is 0.760. The van der Waals surface area contributed by atoms with Crippen LogP contribution in [-0.2, 0) is 23.8 Å². The number of esters is 2. The van der Waals surface area contributed by atoms with Crippen LogP contribution in [0.2, 0.25) is 0 Å². The highest BCUT2D eigenvalue weighted by Gasteiger charge is 2.74. The number of hydrogen-bond donors (Lipinski definition) is 2. The van der Waals surface area contributed by atoms with Crippen LogP contribution in [-0.4, -0.2) is 59.8 Å². The molecular weight excluding hydrogens is 412 g/mol. The lowest BCUT2D eigenvalue weighted by Crippen LogP contribution is -2.66. The molecule has 4 rings (SSSR count). The number of fused-ring (bicyclic) bond motifs is 2. The van der Waals surface area contributed by atoms with Crippen LogP contribution in [0, 0.1) is 22.7 Å². The highest BCUT2D eigenvalue weighted by Crippen LogP contribution is 2.68. The summed E-state index contributed by atoms with van der Waals surface area (Å²) in [6.45, 7) is 8.59.